The summed E-state index contributed by atoms with van der Waals surface area (Å²) < 4.78 is 3.09. The number of halogens is 1. The first-order valence-corrected chi connectivity index (χ1v) is 7.31. The molecular weight excluding hydrogens is 310 g/mol. The Labute approximate surface area is 132 Å². The normalized spacial score (nSPS) is 10.2. The SMILES string of the molecule is CN(C)c1ccc(NSc2ccc(Cl)cc2[N+](=O)[O-])cc1. The molecule has 5 nitrogen and oxygen atoms in total. The molecule has 0 amide bonds. The van der Waals surface area contributed by atoms with Gasteiger partial charge in [0.25, 0.3) is 5.69 Å². The van der Waals surface area contributed by atoms with Crippen LogP contribution in [-0.2, 0) is 0 Å². The predicted octanol–water partition coefficient (Wildman–Crippen LogP) is 4.43. The van der Waals surface area contributed by atoms with Crippen molar-refractivity contribution < 1.29 is 4.92 Å². The molecule has 2 rings (SSSR count). The largest absolute Gasteiger partial charge is 0.378 e. The zero-order valence-electron chi connectivity index (χ0n) is 11.5. The van der Waals surface area contributed by atoms with E-state index in [-0.39, 0.29) is 5.69 Å². The fourth-order valence-corrected chi connectivity index (χ4v) is 2.57. The third-order valence-electron chi connectivity index (χ3n) is 2.78. The van der Waals surface area contributed by atoms with Gasteiger partial charge in [0.1, 0.15) is 4.90 Å². The van der Waals surface area contributed by atoms with Gasteiger partial charge in [-0.2, -0.15) is 0 Å². The number of nitro groups is 1. The van der Waals surface area contributed by atoms with Crippen LogP contribution in [0.3, 0.4) is 0 Å². The van der Waals surface area contributed by atoms with E-state index >= 15 is 0 Å². The smallest absolute Gasteiger partial charge is 0.286 e. The number of hydrogen-bond donors (Lipinski definition) is 1. The van der Waals surface area contributed by atoms with Gasteiger partial charge in [-0.1, -0.05) is 11.6 Å². The number of hydrogen-bond acceptors (Lipinski definition) is 5. The van der Waals surface area contributed by atoms with Gasteiger partial charge in [0.15, 0.2) is 0 Å². The van der Waals surface area contributed by atoms with Crippen molar-refractivity contribution in [2.24, 2.45) is 0 Å². The molecule has 0 radical (unpaired) electrons. The Balaban J connectivity index is 2.11. The summed E-state index contributed by atoms with van der Waals surface area (Å²) in [7, 11) is 3.93. The molecule has 0 bridgehead atoms. The van der Waals surface area contributed by atoms with E-state index in [1.165, 1.54) is 18.0 Å². The molecule has 0 unspecified atom stereocenters. The first-order valence-electron chi connectivity index (χ1n) is 6.11. The first kappa shape index (κ1) is 15.5. The van der Waals surface area contributed by atoms with E-state index in [4.69, 9.17) is 11.6 Å². The van der Waals surface area contributed by atoms with E-state index in [9.17, 15) is 10.1 Å². The van der Waals surface area contributed by atoms with E-state index in [1.54, 1.807) is 12.1 Å². The lowest BCUT2D eigenvalue weighted by Crippen LogP contribution is -2.08. The molecule has 0 atom stereocenters. The molecule has 0 saturated carbocycles. The van der Waals surface area contributed by atoms with Crippen molar-refractivity contribution >= 4 is 40.6 Å². The van der Waals surface area contributed by atoms with E-state index < -0.39 is 4.92 Å². The summed E-state index contributed by atoms with van der Waals surface area (Å²) in [4.78, 5) is 13.1. The van der Waals surface area contributed by atoms with Crippen LogP contribution in [0.1, 0.15) is 0 Å². The fraction of sp³-hybridized carbons (Fsp3) is 0.143. The minimum atomic E-state index is -0.439. The van der Waals surface area contributed by atoms with Crippen molar-refractivity contribution in [2.45, 2.75) is 4.90 Å². The van der Waals surface area contributed by atoms with E-state index in [1.807, 2.05) is 43.3 Å². The highest BCUT2D eigenvalue weighted by Gasteiger charge is 2.14. The van der Waals surface area contributed by atoms with Crippen LogP contribution < -0.4 is 9.62 Å². The summed E-state index contributed by atoms with van der Waals surface area (Å²) in [6.45, 7) is 0. The summed E-state index contributed by atoms with van der Waals surface area (Å²) in [5.74, 6) is 0. The molecule has 2 aromatic carbocycles. The summed E-state index contributed by atoms with van der Waals surface area (Å²) in [6, 6.07) is 12.4. The maximum Gasteiger partial charge on any atom is 0.286 e. The second kappa shape index (κ2) is 6.69. The lowest BCUT2D eigenvalue weighted by atomic mass is 10.3. The lowest BCUT2D eigenvalue weighted by molar-refractivity contribution is -0.387. The summed E-state index contributed by atoms with van der Waals surface area (Å²) in [5, 5.41) is 11.4. The number of anilines is 2. The average molecular weight is 324 g/mol. The van der Waals surface area contributed by atoms with Crippen LogP contribution in [-0.4, -0.2) is 19.0 Å². The summed E-state index contributed by atoms with van der Waals surface area (Å²) in [5.41, 5.74) is 1.95. The second-order valence-electron chi connectivity index (χ2n) is 4.51. The quantitative estimate of drug-likeness (QED) is 0.501. The molecular formula is C14H14ClN3O2S. The Kier molecular flexibility index (Phi) is 4.93. The summed E-state index contributed by atoms with van der Waals surface area (Å²) in [6.07, 6.45) is 0. The molecule has 2 aromatic rings. The highest BCUT2D eigenvalue weighted by atomic mass is 35.5. The number of nitro benzene ring substituents is 1. The van der Waals surface area contributed by atoms with Gasteiger partial charge in [0.2, 0.25) is 0 Å². The highest BCUT2D eigenvalue weighted by molar-refractivity contribution is 8.00. The Bertz CT molecular complexity index is 647. The van der Waals surface area contributed by atoms with Crippen LogP contribution >= 0.6 is 23.5 Å². The van der Waals surface area contributed by atoms with Crippen molar-refractivity contribution in [3.8, 4) is 0 Å². The van der Waals surface area contributed by atoms with Gasteiger partial charge >= 0.3 is 0 Å². The fourth-order valence-electron chi connectivity index (χ4n) is 1.66. The van der Waals surface area contributed by atoms with Gasteiger partial charge < -0.3 is 9.62 Å². The van der Waals surface area contributed by atoms with Crippen molar-refractivity contribution in [2.75, 3.05) is 23.7 Å². The van der Waals surface area contributed by atoms with Gasteiger partial charge in [-0.3, -0.25) is 10.1 Å². The maximum atomic E-state index is 11.0. The number of benzene rings is 2. The Morgan fingerprint density at radius 3 is 2.43 bits per heavy atom. The molecule has 0 heterocycles. The lowest BCUT2D eigenvalue weighted by Gasteiger charge is -2.13. The van der Waals surface area contributed by atoms with Gasteiger partial charge in [0, 0.05) is 36.6 Å². The molecule has 0 aliphatic heterocycles. The van der Waals surface area contributed by atoms with Crippen molar-refractivity contribution in [1.29, 1.82) is 0 Å². The molecule has 1 N–H and O–H groups in total. The molecule has 7 heteroatoms. The van der Waals surface area contributed by atoms with Gasteiger partial charge in [0.05, 0.1) is 4.92 Å². The molecule has 0 aliphatic carbocycles. The zero-order valence-corrected chi connectivity index (χ0v) is 13.1. The standard InChI is InChI=1S/C14H14ClN3O2S/c1-17(2)12-6-4-11(5-7-12)16-21-14-8-3-10(15)9-13(14)18(19)20/h3-9,16H,1-2H3. The third kappa shape index (κ3) is 4.03. The van der Waals surface area contributed by atoms with Crippen LogP contribution in [0.5, 0.6) is 0 Å². The number of nitrogens with zero attached hydrogens (tertiary/aromatic N) is 2. The maximum absolute atomic E-state index is 11.0. The molecule has 0 spiro atoms. The predicted molar refractivity (Wildman–Crippen MR) is 88.4 cm³/mol. The average Bonchev–Trinajstić information content (AvgIpc) is 2.46. The molecule has 0 fully saturated rings. The second-order valence-corrected chi connectivity index (χ2v) is 5.80. The Morgan fingerprint density at radius 2 is 1.86 bits per heavy atom. The topological polar surface area (TPSA) is 58.4 Å². The molecule has 0 aromatic heterocycles. The summed E-state index contributed by atoms with van der Waals surface area (Å²) >= 11 is 6.97. The first-order chi connectivity index (χ1) is 9.97. The zero-order chi connectivity index (χ0) is 15.4. The number of nitrogens with one attached hydrogen (secondary N) is 1. The van der Waals surface area contributed by atoms with Crippen molar-refractivity contribution in [1.82, 2.24) is 0 Å². The van der Waals surface area contributed by atoms with E-state index in [2.05, 4.69) is 4.72 Å². The van der Waals surface area contributed by atoms with Crippen molar-refractivity contribution in [3.05, 3.63) is 57.6 Å². The molecule has 0 saturated heterocycles. The monoisotopic (exact) mass is 323 g/mol. The van der Waals surface area contributed by atoms with Gasteiger partial charge in [-0.05, 0) is 48.3 Å². The van der Waals surface area contributed by atoms with Crippen LogP contribution in [0.4, 0.5) is 17.1 Å². The van der Waals surface area contributed by atoms with E-state index in [0.29, 0.717) is 9.92 Å². The molecule has 110 valence electrons. The van der Waals surface area contributed by atoms with E-state index in [0.717, 1.165) is 11.4 Å². The highest BCUT2D eigenvalue weighted by Crippen LogP contribution is 2.32. The van der Waals surface area contributed by atoms with Gasteiger partial charge in [-0.15, -0.1) is 0 Å². The molecule has 21 heavy (non-hydrogen) atoms. The Hall–Kier alpha value is -1.92. The van der Waals surface area contributed by atoms with Crippen LogP contribution in [0.15, 0.2) is 47.4 Å². The van der Waals surface area contributed by atoms with Gasteiger partial charge in [-0.25, -0.2) is 0 Å². The third-order valence-corrected chi connectivity index (χ3v) is 3.92. The minimum Gasteiger partial charge on any atom is -0.378 e. The Morgan fingerprint density at radius 1 is 1.19 bits per heavy atom. The van der Waals surface area contributed by atoms with Crippen LogP contribution in [0.25, 0.3) is 0 Å². The van der Waals surface area contributed by atoms with Crippen molar-refractivity contribution in [3.63, 3.8) is 0 Å². The number of rotatable bonds is 5. The molecule has 0 aliphatic rings. The van der Waals surface area contributed by atoms with Crippen LogP contribution in [0, 0.1) is 10.1 Å². The van der Waals surface area contributed by atoms with Crippen LogP contribution in [0.2, 0.25) is 5.02 Å². The minimum absolute atomic E-state index is 0.00934.